The van der Waals surface area contributed by atoms with Crippen LogP contribution in [-0.4, -0.2) is 48.6 Å². The van der Waals surface area contributed by atoms with Gasteiger partial charge in [0.15, 0.2) is 0 Å². The summed E-state index contributed by atoms with van der Waals surface area (Å²) >= 11 is 0. The maximum absolute atomic E-state index is 2.76. The van der Waals surface area contributed by atoms with E-state index in [4.69, 9.17) is 0 Å². The molecule has 21 heavy (non-hydrogen) atoms. The summed E-state index contributed by atoms with van der Waals surface area (Å²) in [4.78, 5) is 5.42. The standard InChI is InChI=1S/C19H38N2/c1-5-21(6-2)19-11-13-20(14-12-19)15-17-7-9-18(10-8-17)16(3)4/h16-19H,5-15H2,1-4H3. The SMILES string of the molecule is CCN(CC)C1CCN(CC2CCC(C(C)C)CC2)CC1. The Kier molecular flexibility index (Phi) is 7.01. The van der Waals surface area contributed by atoms with Crippen LogP contribution in [0.5, 0.6) is 0 Å². The number of nitrogens with zero attached hydrogens (tertiary/aromatic N) is 2. The Morgan fingerprint density at radius 2 is 1.48 bits per heavy atom. The van der Waals surface area contributed by atoms with Crippen molar-refractivity contribution in [3.8, 4) is 0 Å². The van der Waals surface area contributed by atoms with Crippen molar-refractivity contribution in [2.45, 2.75) is 72.3 Å². The minimum absolute atomic E-state index is 0.855. The quantitative estimate of drug-likeness (QED) is 0.722. The zero-order valence-electron chi connectivity index (χ0n) is 15.0. The van der Waals surface area contributed by atoms with Gasteiger partial charge >= 0.3 is 0 Å². The number of likely N-dealkylation sites (tertiary alicyclic amines) is 1. The van der Waals surface area contributed by atoms with Crippen LogP contribution in [0.25, 0.3) is 0 Å². The molecule has 2 fully saturated rings. The summed E-state index contributed by atoms with van der Waals surface area (Å²) in [6.45, 7) is 15.9. The van der Waals surface area contributed by atoms with Gasteiger partial charge in [0.2, 0.25) is 0 Å². The molecule has 124 valence electrons. The van der Waals surface area contributed by atoms with Crippen LogP contribution in [0.1, 0.15) is 66.2 Å². The number of rotatable bonds is 6. The van der Waals surface area contributed by atoms with Crippen molar-refractivity contribution in [3.63, 3.8) is 0 Å². The van der Waals surface area contributed by atoms with Gasteiger partial charge in [-0.1, -0.05) is 27.7 Å². The van der Waals surface area contributed by atoms with Gasteiger partial charge in [-0.05, 0) is 82.5 Å². The predicted octanol–water partition coefficient (Wildman–Crippen LogP) is 4.26. The summed E-state index contributed by atoms with van der Waals surface area (Å²) in [5.74, 6) is 2.90. The normalized spacial score (nSPS) is 29.4. The van der Waals surface area contributed by atoms with Gasteiger partial charge in [-0.2, -0.15) is 0 Å². The molecular formula is C19H38N2. The van der Waals surface area contributed by atoms with E-state index in [0.717, 1.165) is 23.8 Å². The molecule has 0 bridgehead atoms. The van der Waals surface area contributed by atoms with E-state index in [0.29, 0.717) is 0 Å². The van der Waals surface area contributed by atoms with E-state index in [1.54, 1.807) is 0 Å². The van der Waals surface area contributed by atoms with Crippen LogP contribution < -0.4 is 0 Å². The summed E-state index contributed by atoms with van der Waals surface area (Å²) in [5.41, 5.74) is 0. The fourth-order valence-corrected chi connectivity index (χ4v) is 4.61. The van der Waals surface area contributed by atoms with Crippen molar-refractivity contribution >= 4 is 0 Å². The molecule has 0 N–H and O–H groups in total. The lowest BCUT2D eigenvalue weighted by Gasteiger charge is -2.40. The fraction of sp³-hybridized carbons (Fsp3) is 1.00. The highest BCUT2D eigenvalue weighted by atomic mass is 15.2. The van der Waals surface area contributed by atoms with Gasteiger partial charge in [0.25, 0.3) is 0 Å². The molecule has 2 aliphatic rings. The number of hydrogen-bond donors (Lipinski definition) is 0. The fourth-order valence-electron chi connectivity index (χ4n) is 4.61. The van der Waals surface area contributed by atoms with Crippen LogP contribution in [-0.2, 0) is 0 Å². The molecule has 0 aromatic carbocycles. The molecule has 1 saturated heterocycles. The van der Waals surface area contributed by atoms with Crippen LogP contribution in [0.2, 0.25) is 0 Å². The maximum atomic E-state index is 2.76. The van der Waals surface area contributed by atoms with E-state index < -0.39 is 0 Å². The third-order valence-electron chi connectivity index (χ3n) is 6.24. The van der Waals surface area contributed by atoms with E-state index in [-0.39, 0.29) is 0 Å². The third-order valence-corrected chi connectivity index (χ3v) is 6.24. The molecule has 0 atom stereocenters. The lowest BCUT2D eigenvalue weighted by atomic mass is 9.77. The van der Waals surface area contributed by atoms with Gasteiger partial charge in [-0.3, -0.25) is 0 Å². The van der Waals surface area contributed by atoms with Gasteiger partial charge in [-0.25, -0.2) is 0 Å². The minimum atomic E-state index is 0.855. The molecule has 0 amide bonds. The first-order valence-electron chi connectivity index (χ1n) is 9.60. The smallest absolute Gasteiger partial charge is 0.0119 e. The molecule has 0 aromatic rings. The highest BCUT2D eigenvalue weighted by Gasteiger charge is 2.27. The Balaban J connectivity index is 1.67. The largest absolute Gasteiger partial charge is 0.303 e. The van der Waals surface area contributed by atoms with Crippen molar-refractivity contribution in [1.82, 2.24) is 9.80 Å². The molecule has 1 saturated carbocycles. The van der Waals surface area contributed by atoms with E-state index in [1.165, 1.54) is 71.2 Å². The third kappa shape index (κ3) is 4.96. The average Bonchev–Trinajstić information content (AvgIpc) is 2.51. The van der Waals surface area contributed by atoms with Crippen LogP contribution in [0, 0.1) is 17.8 Å². The summed E-state index contributed by atoms with van der Waals surface area (Å²) in [5, 5.41) is 0. The van der Waals surface area contributed by atoms with Crippen LogP contribution in [0.3, 0.4) is 0 Å². The molecule has 1 aliphatic heterocycles. The van der Waals surface area contributed by atoms with E-state index in [1.807, 2.05) is 0 Å². The summed E-state index contributed by atoms with van der Waals surface area (Å²) in [6.07, 6.45) is 8.72. The van der Waals surface area contributed by atoms with E-state index in [2.05, 4.69) is 37.5 Å². The first-order chi connectivity index (χ1) is 10.1. The molecule has 1 heterocycles. The van der Waals surface area contributed by atoms with Gasteiger partial charge < -0.3 is 9.80 Å². The topological polar surface area (TPSA) is 6.48 Å². The lowest BCUT2D eigenvalue weighted by Crippen LogP contribution is -2.46. The van der Waals surface area contributed by atoms with E-state index in [9.17, 15) is 0 Å². The van der Waals surface area contributed by atoms with Crippen molar-refractivity contribution < 1.29 is 0 Å². The van der Waals surface area contributed by atoms with Crippen molar-refractivity contribution in [2.75, 3.05) is 32.7 Å². The molecule has 0 spiro atoms. The van der Waals surface area contributed by atoms with Crippen LogP contribution >= 0.6 is 0 Å². The number of hydrogen-bond acceptors (Lipinski definition) is 2. The minimum Gasteiger partial charge on any atom is -0.303 e. The Hall–Kier alpha value is -0.0800. The predicted molar refractivity (Wildman–Crippen MR) is 92.7 cm³/mol. The molecule has 0 aromatic heterocycles. The Morgan fingerprint density at radius 3 is 1.95 bits per heavy atom. The lowest BCUT2D eigenvalue weighted by molar-refractivity contribution is 0.0938. The molecular weight excluding hydrogens is 256 g/mol. The zero-order chi connectivity index (χ0) is 15.2. The Morgan fingerprint density at radius 1 is 0.905 bits per heavy atom. The van der Waals surface area contributed by atoms with Crippen molar-refractivity contribution in [2.24, 2.45) is 17.8 Å². The first kappa shape index (κ1) is 17.3. The Bertz CT molecular complexity index is 269. The molecule has 2 heteroatoms. The second-order valence-electron chi connectivity index (χ2n) is 7.78. The van der Waals surface area contributed by atoms with Gasteiger partial charge in [-0.15, -0.1) is 0 Å². The zero-order valence-corrected chi connectivity index (χ0v) is 15.0. The highest BCUT2D eigenvalue weighted by molar-refractivity contribution is 4.82. The van der Waals surface area contributed by atoms with Gasteiger partial charge in [0.05, 0.1) is 0 Å². The first-order valence-corrected chi connectivity index (χ1v) is 9.60. The van der Waals surface area contributed by atoms with Crippen molar-refractivity contribution in [1.29, 1.82) is 0 Å². The molecule has 2 nitrogen and oxygen atoms in total. The summed E-state index contributed by atoms with van der Waals surface area (Å²) in [6, 6.07) is 0.855. The van der Waals surface area contributed by atoms with Crippen LogP contribution in [0.4, 0.5) is 0 Å². The highest BCUT2D eigenvalue weighted by Crippen LogP contribution is 2.34. The summed E-state index contributed by atoms with van der Waals surface area (Å²) < 4.78 is 0. The van der Waals surface area contributed by atoms with Crippen LogP contribution in [0.15, 0.2) is 0 Å². The number of piperidine rings is 1. The van der Waals surface area contributed by atoms with Gasteiger partial charge in [0, 0.05) is 12.6 Å². The Labute approximate surface area is 133 Å². The second-order valence-corrected chi connectivity index (χ2v) is 7.78. The molecule has 2 rings (SSSR count). The van der Waals surface area contributed by atoms with Gasteiger partial charge in [0.1, 0.15) is 0 Å². The second kappa shape index (κ2) is 8.53. The molecule has 0 unspecified atom stereocenters. The van der Waals surface area contributed by atoms with Crippen molar-refractivity contribution in [3.05, 3.63) is 0 Å². The summed E-state index contributed by atoms with van der Waals surface area (Å²) in [7, 11) is 0. The monoisotopic (exact) mass is 294 g/mol. The molecule has 1 aliphatic carbocycles. The van der Waals surface area contributed by atoms with E-state index >= 15 is 0 Å². The average molecular weight is 295 g/mol. The maximum Gasteiger partial charge on any atom is 0.0119 e. The molecule has 0 radical (unpaired) electrons.